The maximum Gasteiger partial charge on any atom is 0.339 e. The first kappa shape index (κ1) is 17.5. The number of nitrogens with zero attached hydrogens (tertiary/aromatic N) is 2. The maximum absolute atomic E-state index is 12.7. The number of methoxy groups -OCH3 is 1. The van der Waals surface area contributed by atoms with E-state index in [-0.39, 0.29) is 37.2 Å². The fourth-order valence-corrected chi connectivity index (χ4v) is 3.68. The van der Waals surface area contributed by atoms with Crippen molar-refractivity contribution in [1.29, 1.82) is 0 Å². The summed E-state index contributed by atoms with van der Waals surface area (Å²) in [5.41, 5.74) is 0.0170. The van der Waals surface area contributed by atoms with Crippen molar-refractivity contribution in [2.45, 2.75) is 4.90 Å². The summed E-state index contributed by atoms with van der Waals surface area (Å²) in [5, 5.41) is 7.56. The summed E-state index contributed by atoms with van der Waals surface area (Å²) < 4.78 is 37.0. The van der Waals surface area contributed by atoms with E-state index >= 15 is 0 Å². The van der Waals surface area contributed by atoms with Gasteiger partial charge < -0.3 is 4.74 Å². The van der Waals surface area contributed by atoms with Crippen LogP contribution in [-0.2, 0) is 14.8 Å². The van der Waals surface area contributed by atoms with Crippen LogP contribution in [0.4, 0.5) is 5.69 Å². The highest BCUT2D eigenvalue weighted by Gasteiger charge is 2.24. The number of benzene rings is 2. The average molecular weight is 402 g/mol. The summed E-state index contributed by atoms with van der Waals surface area (Å²) in [7, 11) is -2.97. The van der Waals surface area contributed by atoms with E-state index in [1.54, 1.807) is 0 Å². The highest BCUT2D eigenvalue weighted by atomic mass is 35.5. The van der Waals surface area contributed by atoms with E-state index in [1.165, 1.54) is 37.4 Å². The van der Waals surface area contributed by atoms with Gasteiger partial charge in [-0.15, -0.1) is 0 Å². The second-order valence-electron chi connectivity index (χ2n) is 4.79. The lowest BCUT2D eigenvalue weighted by Gasteiger charge is -2.12. The number of anilines is 1. The van der Waals surface area contributed by atoms with E-state index in [9.17, 15) is 13.2 Å². The SMILES string of the molecule is COC(=O)c1ccc(Cl)cc1NS(=O)(=O)c1ccc(Cl)c2nonc12. The van der Waals surface area contributed by atoms with Crippen LogP contribution < -0.4 is 4.72 Å². The number of ether oxygens (including phenoxy) is 1. The Hall–Kier alpha value is -2.36. The van der Waals surface area contributed by atoms with Crippen LogP contribution in [0.3, 0.4) is 0 Å². The predicted octanol–water partition coefficient (Wildman–Crippen LogP) is 3.12. The Labute approximate surface area is 151 Å². The molecule has 0 aliphatic rings. The number of nitrogens with one attached hydrogen (secondary N) is 1. The summed E-state index contributed by atoms with van der Waals surface area (Å²) in [6, 6.07) is 6.68. The number of hydrogen-bond donors (Lipinski definition) is 1. The van der Waals surface area contributed by atoms with Crippen LogP contribution >= 0.6 is 23.2 Å². The number of sulfonamides is 1. The monoisotopic (exact) mass is 401 g/mol. The summed E-state index contributed by atoms with van der Waals surface area (Å²) in [6.45, 7) is 0. The first-order valence-corrected chi connectivity index (χ1v) is 8.89. The Kier molecular flexibility index (Phi) is 4.55. The van der Waals surface area contributed by atoms with Crippen molar-refractivity contribution in [3.05, 3.63) is 45.9 Å². The van der Waals surface area contributed by atoms with Gasteiger partial charge in [-0.25, -0.2) is 17.8 Å². The molecule has 0 fully saturated rings. The lowest BCUT2D eigenvalue weighted by molar-refractivity contribution is 0.0602. The van der Waals surface area contributed by atoms with Crippen LogP contribution in [0, 0.1) is 0 Å². The lowest BCUT2D eigenvalue weighted by atomic mass is 10.2. The molecular formula is C14H9Cl2N3O5S. The van der Waals surface area contributed by atoms with Crippen LogP contribution in [0.5, 0.6) is 0 Å². The number of hydrogen-bond acceptors (Lipinski definition) is 7. The van der Waals surface area contributed by atoms with Crippen LogP contribution in [0.1, 0.15) is 10.4 Å². The number of aromatic nitrogens is 2. The third-order valence-corrected chi connectivity index (χ3v) is 5.19. The lowest BCUT2D eigenvalue weighted by Crippen LogP contribution is -2.16. The molecule has 0 aliphatic carbocycles. The number of fused-ring (bicyclic) bond motifs is 1. The first-order chi connectivity index (χ1) is 11.8. The summed E-state index contributed by atoms with van der Waals surface area (Å²) in [4.78, 5) is 11.6. The van der Waals surface area contributed by atoms with Crippen molar-refractivity contribution in [2.24, 2.45) is 0 Å². The van der Waals surface area contributed by atoms with Gasteiger partial charge in [-0.2, -0.15) is 0 Å². The Morgan fingerprint density at radius 3 is 2.60 bits per heavy atom. The van der Waals surface area contributed by atoms with Gasteiger partial charge in [0.1, 0.15) is 4.90 Å². The largest absolute Gasteiger partial charge is 0.465 e. The maximum atomic E-state index is 12.7. The molecule has 25 heavy (non-hydrogen) atoms. The van der Waals surface area contributed by atoms with Crippen molar-refractivity contribution in [3.8, 4) is 0 Å². The minimum atomic E-state index is -4.15. The molecule has 1 aromatic heterocycles. The van der Waals surface area contributed by atoms with Gasteiger partial charge in [-0.05, 0) is 40.6 Å². The highest BCUT2D eigenvalue weighted by molar-refractivity contribution is 7.93. The Balaban J connectivity index is 2.11. The molecule has 8 nitrogen and oxygen atoms in total. The zero-order valence-electron chi connectivity index (χ0n) is 12.5. The van der Waals surface area contributed by atoms with Gasteiger partial charge in [-0.3, -0.25) is 4.72 Å². The number of esters is 1. The van der Waals surface area contributed by atoms with Crippen molar-refractivity contribution >= 4 is 55.9 Å². The molecule has 0 spiro atoms. The number of carbonyl (C=O) groups is 1. The van der Waals surface area contributed by atoms with Crippen LogP contribution in [0.2, 0.25) is 10.0 Å². The van der Waals surface area contributed by atoms with Crippen LogP contribution in [-0.4, -0.2) is 31.8 Å². The van der Waals surface area contributed by atoms with E-state index in [1.807, 2.05) is 0 Å². The Morgan fingerprint density at radius 1 is 1.16 bits per heavy atom. The van der Waals surface area contributed by atoms with Gasteiger partial charge in [0.05, 0.1) is 23.4 Å². The van der Waals surface area contributed by atoms with Crippen molar-refractivity contribution in [3.63, 3.8) is 0 Å². The fraction of sp³-hybridized carbons (Fsp3) is 0.0714. The molecule has 0 saturated heterocycles. The molecular weight excluding hydrogens is 393 g/mol. The van der Waals surface area contributed by atoms with Gasteiger partial charge in [0.15, 0.2) is 11.0 Å². The molecule has 0 unspecified atom stereocenters. The third kappa shape index (κ3) is 3.26. The molecule has 0 atom stereocenters. The highest BCUT2D eigenvalue weighted by Crippen LogP contribution is 2.29. The molecule has 130 valence electrons. The number of carbonyl (C=O) groups excluding carboxylic acids is 1. The molecule has 3 rings (SSSR count). The molecule has 11 heteroatoms. The topological polar surface area (TPSA) is 111 Å². The molecule has 0 bridgehead atoms. The van der Waals surface area contributed by atoms with Gasteiger partial charge in [0, 0.05) is 5.02 Å². The Morgan fingerprint density at radius 2 is 1.88 bits per heavy atom. The number of rotatable bonds is 4. The molecule has 3 aromatic rings. The molecule has 0 amide bonds. The third-order valence-electron chi connectivity index (χ3n) is 3.25. The second kappa shape index (κ2) is 6.51. The van der Waals surface area contributed by atoms with Crippen molar-refractivity contribution in [1.82, 2.24) is 10.3 Å². The molecule has 0 saturated carbocycles. The summed E-state index contributed by atoms with van der Waals surface area (Å²) >= 11 is 11.8. The standard InChI is InChI=1S/C14H9Cl2N3O5S/c1-23-14(20)8-3-2-7(15)6-10(8)19-25(21,22)11-5-4-9(16)12-13(11)18-24-17-12/h2-6,19H,1H3. The minimum absolute atomic E-state index is 0.000963. The first-order valence-electron chi connectivity index (χ1n) is 6.65. The van der Waals surface area contributed by atoms with Crippen LogP contribution in [0.25, 0.3) is 11.0 Å². The van der Waals surface area contributed by atoms with Gasteiger partial charge >= 0.3 is 5.97 Å². The molecule has 2 aromatic carbocycles. The average Bonchev–Trinajstić information content (AvgIpc) is 3.04. The molecule has 0 radical (unpaired) electrons. The van der Waals surface area contributed by atoms with E-state index in [0.717, 1.165) is 0 Å². The normalized spacial score (nSPS) is 11.5. The summed E-state index contributed by atoms with van der Waals surface area (Å²) in [6.07, 6.45) is 0. The van der Waals surface area contributed by atoms with E-state index in [2.05, 4.69) is 24.4 Å². The van der Waals surface area contributed by atoms with Gasteiger partial charge in [0.25, 0.3) is 10.0 Å². The summed E-state index contributed by atoms with van der Waals surface area (Å²) in [5.74, 6) is -0.723. The quantitative estimate of drug-likeness (QED) is 0.668. The minimum Gasteiger partial charge on any atom is -0.465 e. The molecule has 1 heterocycles. The van der Waals surface area contributed by atoms with E-state index in [4.69, 9.17) is 23.2 Å². The number of halogens is 2. The smallest absolute Gasteiger partial charge is 0.339 e. The van der Waals surface area contributed by atoms with Crippen molar-refractivity contribution in [2.75, 3.05) is 11.8 Å². The van der Waals surface area contributed by atoms with Crippen LogP contribution in [0.15, 0.2) is 39.9 Å². The predicted molar refractivity (Wildman–Crippen MR) is 90.4 cm³/mol. The van der Waals surface area contributed by atoms with Gasteiger partial charge in [-0.1, -0.05) is 23.2 Å². The second-order valence-corrected chi connectivity index (χ2v) is 7.29. The fourth-order valence-electron chi connectivity index (χ4n) is 2.12. The molecule has 1 N–H and O–H groups in total. The van der Waals surface area contributed by atoms with Crippen molar-refractivity contribution < 1.29 is 22.6 Å². The molecule has 0 aliphatic heterocycles. The Bertz CT molecular complexity index is 1080. The zero-order chi connectivity index (χ0) is 18.2. The zero-order valence-corrected chi connectivity index (χ0v) is 14.8. The van der Waals surface area contributed by atoms with Gasteiger partial charge in [0.2, 0.25) is 0 Å². The van der Waals surface area contributed by atoms with E-state index < -0.39 is 16.0 Å². The van der Waals surface area contributed by atoms with E-state index in [0.29, 0.717) is 0 Å².